The molecule has 29 heavy (non-hydrogen) atoms. The summed E-state index contributed by atoms with van der Waals surface area (Å²) in [7, 11) is 0. The molecule has 0 saturated carbocycles. The first-order valence-corrected chi connectivity index (χ1v) is 10.0. The second-order valence-electron chi connectivity index (χ2n) is 6.62. The Bertz CT molecular complexity index is 1100. The maximum atomic E-state index is 12.6. The number of hydrogen-bond donors (Lipinski definition) is 4. The minimum atomic E-state index is -0.339. The van der Waals surface area contributed by atoms with Gasteiger partial charge in [0.25, 0.3) is 5.56 Å². The maximum absolute atomic E-state index is 12.6. The Hall–Kier alpha value is -2.86. The summed E-state index contributed by atoms with van der Waals surface area (Å²) in [6, 6.07) is 6.65. The van der Waals surface area contributed by atoms with E-state index in [0.29, 0.717) is 32.6 Å². The minimum absolute atomic E-state index is 0.145. The number of fused-ring (bicyclic) bond motifs is 1. The molecule has 0 bridgehead atoms. The molecule has 152 valence electrons. The molecule has 1 aliphatic rings. The molecule has 1 amide bonds. The highest BCUT2D eigenvalue weighted by atomic mass is 32.1. The van der Waals surface area contributed by atoms with Crippen LogP contribution in [0.2, 0.25) is 0 Å². The van der Waals surface area contributed by atoms with E-state index in [9.17, 15) is 14.7 Å². The van der Waals surface area contributed by atoms with Gasteiger partial charge in [0.05, 0.1) is 13.2 Å². The molecule has 0 aliphatic carbocycles. The van der Waals surface area contributed by atoms with Crippen molar-refractivity contribution in [3.8, 4) is 10.6 Å². The van der Waals surface area contributed by atoms with E-state index >= 15 is 0 Å². The molecule has 2 aromatic heterocycles. The van der Waals surface area contributed by atoms with Gasteiger partial charge in [-0.3, -0.25) is 9.59 Å². The number of aliphatic hydroxyl groups is 1. The molecule has 3 heterocycles. The molecular formula is C18H21N7O3S. The summed E-state index contributed by atoms with van der Waals surface area (Å²) in [5.41, 5.74) is 6.89. The van der Waals surface area contributed by atoms with Gasteiger partial charge in [-0.2, -0.15) is 9.61 Å². The average Bonchev–Trinajstić information content (AvgIpc) is 3.19. The molecule has 3 aromatic rings. The van der Waals surface area contributed by atoms with Crippen LogP contribution in [0.15, 0.2) is 29.1 Å². The predicted molar refractivity (Wildman–Crippen MR) is 111 cm³/mol. The van der Waals surface area contributed by atoms with Crippen LogP contribution in [0.3, 0.4) is 0 Å². The minimum Gasteiger partial charge on any atom is -0.392 e. The molecular weight excluding hydrogens is 394 g/mol. The third kappa shape index (κ3) is 4.12. The number of benzene rings is 1. The summed E-state index contributed by atoms with van der Waals surface area (Å²) in [6.07, 6.45) is 0. The molecule has 1 aromatic carbocycles. The van der Waals surface area contributed by atoms with Crippen LogP contribution in [0.5, 0.6) is 0 Å². The summed E-state index contributed by atoms with van der Waals surface area (Å²) in [5.74, 6) is 0.306. The molecule has 0 unspecified atom stereocenters. The topological polar surface area (TPSA) is 138 Å². The van der Waals surface area contributed by atoms with Crippen molar-refractivity contribution in [3.05, 3.63) is 40.2 Å². The van der Waals surface area contributed by atoms with Gasteiger partial charge in [-0.1, -0.05) is 11.3 Å². The highest BCUT2D eigenvalue weighted by Crippen LogP contribution is 2.29. The quantitative estimate of drug-likeness (QED) is 0.442. The van der Waals surface area contributed by atoms with E-state index in [4.69, 9.17) is 5.73 Å². The first kappa shape index (κ1) is 19.5. The van der Waals surface area contributed by atoms with Gasteiger partial charge < -0.3 is 26.4 Å². The highest BCUT2D eigenvalue weighted by Gasteiger charge is 2.17. The van der Waals surface area contributed by atoms with Gasteiger partial charge >= 0.3 is 0 Å². The van der Waals surface area contributed by atoms with E-state index in [1.807, 2.05) is 0 Å². The Morgan fingerprint density at radius 3 is 2.79 bits per heavy atom. The average molecular weight is 415 g/mol. The number of anilines is 2. The molecule has 1 aliphatic heterocycles. The fourth-order valence-corrected chi connectivity index (χ4v) is 4.05. The number of rotatable bonds is 5. The van der Waals surface area contributed by atoms with Crippen LogP contribution in [0.25, 0.3) is 15.5 Å². The first-order chi connectivity index (χ1) is 14.1. The Morgan fingerprint density at radius 2 is 2.07 bits per heavy atom. The van der Waals surface area contributed by atoms with E-state index < -0.39 is 0 Å². The standard InChI is InChI=1S/C18H21N7O3S/c19-9-15(27)21-13-6-11(10-26)5-12(7-13)17-23-25-16(28)8-14(22-18(25)29-17)24-3-1-20-2-4-24/h5-8,20,26H,1-4,9-10,19H2,(H,21,27). The molecule has 4 rings (SSSR count). The molecule has 0 atom stereocenters. The molecule has 1 saturated heterocycles. The van der Waals surface area contributed by atoms with Crippen molar-refractivity contribution in [2.24, 2.45) is 5.73 Å². The van der Waals surface area contributed by atoms with Crippen molar-refractivity contribution < 1.29 is 9.90 Å². The van der Waals surface area contributed by atoms with Crippen molar-refractivity contribution in [2.45, 2.75) is 6.61 Å². The summed E-state index contributed by atoms with van der Waals surface area (Å²) in [4.78, 5) is 31.4. The zero-order valence-corrected chi connectivity index (χ0v) is 16.4. The van der Waals surface area contributed by atoms with Gasteiger partial charge in [0.2, 0.25) is 10.9 Å². The van der Waals surface area contributed by atoms with Crippen molar-refractivity contribution in [3.63, 3.8) is 0 Å². The van der Waals surface area contributed by atoms with Crippen LogP contribution in [0.1, 0.15) is 5.56 Å². The lowest BCUT2D eigenvalue weighted by Gasteiger charge is -2.27. The van der Waals surface area contributed by atoms with E-state index in [-0.39, 0.29) is 24.6 Å². The Balaban J connectivity index is 1.74. The summed E-state index contributed by atoms with van der Waals surface area (Å²) >= 11 is 1.27. The number of hydrogen-bond acceptors (Lipinski definition) is 9. The van der Waals surface area contributed by atoms with Gasteiger partial charge in [-0.15, -0.1) is 0 Å². The lowest BCUT2D eigenvalue weighted by Crippen LogP contribution is -2.44. The maximum Gasteiger partial charge on any atom is 0.277 e. The number of aliphatic hydroxyl groups excluding tert-OH is 1. The van der Waals surface area contributed by atoms with Crippen LogP contribution in [-0.4, -0.2) is 58.3 Å². The zero-order valence-electron chi connectivity index (χ0n) is 15.6. The number of piperazine rings is 1. The van der Waals surface area contributed by atoms with Crippen molar-refractivity contribution in [1.29, 1.82) is 0 Å². The molecule has 1 fully saturated rings. The fourth-order valence-electron chi connectivity index (χ4n) is 3.16. The fraction of sp³-hybridized carbons (Fsp3) is 0.333. The second kappa shape index (κ2) is 8.25. The van der Waals surface area contributed by atoms with Crippen LogP contribution < -0.4 is 26.8 Å². The molecule has 0 spiro atoms. The van der Waals surface area contributed by atoms with E-state index in [2.05, 4.69) is 25.6 Å². The van der Waals surface area contributed by atoms with Gasteiger partial charge in [0, 0.05) is 43.5 Å². The number of nitrogens with zero attached hydrogens (tertiary/aromatic N) is 4. The Morgan fingerprint density at radius 1 is 1.28 bits per heavy atom. The van der Waals surface area contributed by atoms with E-state index in [1.54, 1.807) is 18.2 Å². The number of nitrogens with one attached hydrogen (secondary N) is 2. The monoisotopic (exact) mass is 415 g/mol. The molecule has 11 heteroatoms. The Labute approximate surface area is 170 Å². The number of nitrogens with two attached hydrogens (primary N) is 1. The zero-order chi connectivity index (χ0) is 20.4. The van der Waals surface area contributed by atoms with E-state index in [1.165, 1.54) is 21.9 Å². The van der Waals surface area contributed by atoms with Crippen molar-refractivity contribution in [1.82, 2.24) is 19.9 Å². The van der Waals surface area contributed by atoms with E-state index in [0.717, 1.165) is 26.2 Å². The largest absolute Gasteiger partial charge is 0.392 e. The predicted octanol–water partition coefficient (Wildman–Crippen LogP) is -0.383. The Kier molecular flexibility index (Phi) is 5.53. The number of amides is 1. The lowest BCUT2D eigenvalue weighted by atomic mass is 10.1. The van der Waals surface area contributed by atoms with Gasteiger partial charge in [0.15, 0.2) is 0 Å². The second-order valence-corrected chi connectivity index (χ2v) is 7.58. The summed E-state index contributed by atoms with van der Waals surface area (Å²) in [6.45, 7) is 2.93. The number of carbonyl (C=O) groups is 1. The molecule has 10 nitrogen and oxygen atoms in total. The SMILES string of the molecule is NCC(=O)Nc1cc(CO)cc(-c2nn3c(=O)cc(N4CCNCC4)nc3s2)c1. The molecule has 0 radical (unpaired) electrons. The number of carbonyl (C=O) groups excluding carboxylic acids is 1. The lowest BCUT2D eigenvalue weighted by molar-refractivity contribution is -0.114. The smallest absolute Gasteiger partial charge is 0.277 e. The summed E-state index contributed by atoms with van der Waals surface area (Å²) < 4.78 is 1.27. The van der Waals surface area contributed by atoms with Gasteiger partial charge in [-0.05, 0) is 23.8 Å². The van der Waals surface area contributed by atoms with Crippen LogP contribution in [0, 0.1) is 0 Å². The highest BCUT2D eigenvalue weighted by molar-refractivity contribution is 7.19. The normalized spacial score (nSPS) is 14.3. The van der Waals surface area contributed by atoms with Gasteiger partial charge in [-0.25, -0.2) is 4.98 Å². The van der Waals surface area contributed by atoms with Crippen LogP contribution in [0.4, 0.5) is 11.5 Å². The first-order valence-electron chi connectivity index (χ1n) is 9.19. The van der Waals surface area contributed by atoms with Gasteiger partial charge in [0.1, 0.15) is 10.8 Å². The third-order valence-corrected chi connectivity index (χ3v) is 5.52. The summed E-state index contributed by atoms with van der Waals surface area (Å²) in [5, 5.41) is 20.5. The van der Waals surface area contributed by atoms with Crippen LogP contribution in [-0.2, 0) is 11.4 Å². The molecule has 5 N–H and O–H groups in total. The van der Waals surface area contributed by atoms with Crippen molar-refractivity contribution >= 4 is 33.7 Å². The van der Waals surface area contributed by atoms with Crippen LogP contribution >= 0.6 is 11.3 Å². The van der Waals surface area contributed by atoms with Crippen molar-refractivity contribution in [2.75, 3.05) is 42.9 Å². The third-order valence-electron chi connectivity index (χ3n) is 4.56. The number of aromatic nitrogens is 3.